The lowest BCUT2D eigenvalue weighted by Crippen LogP contribution is -2.45. The lowest BCUT2D eigenvalue weighted by Gasteiger charge is -2.40. The molecule has 0 atom stereocenters. The van der Waals surface area contributed by atoms with Gasteiger partial charge in [-0.25, -0.2) is 13.1 Å². The van der Waals surface area contributed by atoms with E-state index in [1.165, 1.54) is 6.42 Å². The largest absolute Gasteiger partial charge is 0.398 e. The molecule has 0 radical (unpaired) electrons. The van der Waals surface area contributed by atoms with Gasteiger partial charge in [-0.1, -0.05) is 12.5 Å². The minimum Gasteiger partial charge on any atom is -0.398 e. The van der Waals surface area contributed by atoms with Gasteiger partial charge in [0, 0.05) is 17.0 Å². The summed E-state index contributed by atoms with van der Waals surface area (Å²) in [7, 11) is -3.52. The number of sulfonamides is 1. The zero-order chi connectivity index (χ0) is 15.8. The topological polar surface area (TPSA) is 72.2 Å². The second-order valence-electron chi connectivity index (χ2n) is 5.94. The summed E-state index contributed by atoms with van der Waals surface area (Å²) >= 11 is 1.76. The Bertz CT molecular complexity index is 645. The molecule has 6 heteroatoms. The molecule has 1 saturated carbocycles. The Kier molecular flexibility index (Phi) is 4.61. The van der Waals surface area contributed by atoms with Crippen molar-refractivity contribution in [1.29, 1.82) is 0 Å². The number of anilines is 1. The van der Waals surface area contributed by atoms with E-state index in [4.69, 9.17) is 5.73 Å². The molecule has 1 aromatic carbocycles. The Morgan fingerprint density at radius 3 is 2.38 bits per heavy atom. The molecule has 1 aromatic rings. The van der Waals surface area contributed by atoms with Crippen molar-refractivity contribution in [2.45, 2.75) is 49.7 Å². The van der Waals surface area contributed by atoms with Crippen LogP contribution >= 0.6 is 11.8 Å². The Labute approximate surface area is 131 Å². The molecule has 21 heavy (non-hydrogen) atoms. The van der Waals surface area contributed by atoms with Gasteiger partial charge in [0.2, 0.25) is 10.0 Å². The number of hydrogen-bond donors (Lipinski definition) is 2. The Morgan fingerprint density at radius 2 is 1.90 bits per heavy atom. The maximum Gasteiger partial charge on any atom is 0.241 e. The zero-order valence-corrected chi connectivity index (χ0v) is 14.7. The van der Waals surface area contributed by atoms with Crippen molar-refractivity contribution in [1.82, 2.24) is 4.72 Å². The molecule has 1 fully saturated rings. The van der Waals surface area contributed by atoms with Crippen molar-refractivity contribution in [3.8, 4) is 0 Å². The predicted molar refractivity (Wildman–Crippen MR) is 90.4 cm³/mol. The summed E-state index contributed by atoms with van der Waals surface area (Å²) < 4.78 is 28.2. The van der Waals surface area contributed by atoms with Crippen LogP contribution < -0.4 is 10.5 Å². The highest BCUT2D eigenvalue weighted by molar-refractivity contribution is 8.00. The molecule has 118 valence electrons. The number of hydrogen-bond acceptors (Lipinski definition) is 4. The number of nitrogens with one attached hydrogen (secondary N) is 1. The normalized spacial score (nSPS) is 17.5. The van der Waals surface area contributed by atoms with Crippen LogP contribution in [0.15, 0.2) is 11.0 Å². The minimum atomic E-state index is -3.52. The van der Waals surface area contributed by atoms with Gasteiger partial charge in [0.05, 0.1) is 4.90 Å². The van der Waals surface area contributed by atoms with Crippen LogP contribution in [0.25, 0.3) is 0 Å². The summed E-state index contributed by atoms with van der Waals surface area (Å²) in [6.07, 6.45) is 5.38. The Morgan fingerprint density at radius 1 is 1.29 bits per heavy atom. The molecule has 0 bridgehead atoms. The van der Waals surface area contributed by atoms with E-state index >= 15 is 0 Å². The van der Waals surface area contributed by atoms with Crippen molar-refractivity contribution >= 4 is 27.5 Å². The third kappa shape index (κ3) is 3.07. The maximum absolute atomic E-state index is 12.7. The summed E-state index contributed by atoms with van der Waals surface area (Å²) in [4.78, 5) is 0.334. The van der Waals surface area contributed by atoms with Crippen molar-refractivity contribution < 1.29 is 8.42 Å². The molecular formula is C15H24N2O2S2. The van der Waals surface area contributed by atoms with E-state index in [0.717, 1.165) is 24.0 Å². The van der Waals surface area contributed by atoms with E-state index in [0.29, 0.717) is 22.7 Å². The molecule has 0 aromatic heterocycles. The van der Waals surface area contributed by atoms with Gasteiger partial charge in [-0.15, -0.1) is 0 Å². The van der Waals surface area contributed by atoms with Crippen LogP contribution in [0.1, 0.15) is 36.0 Å². The summed E-state index contributed by atoms with van der Waals surface area (Å²) in [6, 6.07) is 1.84. The zero-order valence-electron chi connectivity index (χ0n) is 13.1. The first kappa shape index (κ1) is 16.6. The van der Waals surface area contributed by atoms with E-state index in [1.54, 1.807) is 18.7 Å². The highest BCUT2D eigenvalue weighted by Crippen LogP contribution is 2.42. The summed E-state index contributed by atoms with van der Waals surface area (Å²) in [5, 5.41) is 0. The van der Waals surface area contributed by atoms with Gasteiger partial charge in [-0.2, -0.15) is 11.8 Å². The number of benzene rings is 1. The average molecular weight is 329 g/mol. The highest BCUT2D eigenvalue weighted by Gasteiger charge is 2.37. The van der Waals surface area contributed by atoms with Crippen LogP contribution in [0.5, 0.6) is 0 Å². The predicted octanol–water partition coefficient (Wildman–Crippen LogP) is 2.76. The molecule has 0 amide bonds. The number of aryl methyl sites for hydroxylation is 2. The molecule has 0 spiro atoms. The fourth-order valence-electron chi connectivity index (χ4n) is 2.92. The van der Waals surface area contributed by atoms with Crippen LogP contribution in [0.2, 0.25) is 0 Å². The molecule has 3 N–H and O–H groups in total. The molecule has 0 aliphatic heterocycles. The first-order valence-electron chi connectivity index (χ1n) is 7.13. The van der Waals surface area contributed by atoms with Crippen LogP contribution in [0, 0.1) is 20.8 Å². The minimum absolute atomic E-state index is 0.0745. The van der Waals surface area contributed by atoms with E-state index in [9.17, 15) is 8.42 Å². The molecule has 0 unspecified atom stereocenters. The number of rotatable bonds is 5. The van der Waals surface area contributed by atoms with Crippen LogP contribution in [0.4, 0.5) is 5.69 Å². The molecule has 0 saturated heterocycles. The van der Waals surface area contributed by atoms with Crippen LogP contribution in [-0.4, -0.2) is 26.0 Å². The summed E-state index contributed by atoms with van der Waals surface area (Å²) in [6.45, 7) is 5.98. The van der Waals surface area contributed by atoms with Gasteiger partial charge in [-0.05, 0) is 56.6 Å². The van der Waals surface area contributed by atoms with Gasteiger partial charge in [0.1, 0.15) is 0 Å². The van der Waals surface area contributed by atoms with Crippen molar-refractivity contribution in [2.75, 3.05) is 18.5 Å². The van der Waals surface area contributed by atoms with Gasteiger partial charge >= 0.3 is 0 Å². The molecule has 2 rings (SSSR count). The first-order valence-corrected chi connectivity index (χ1v) is 9.84. The second-order valence-corrected chi connectivity index (χ2v) is 8.92. The first-order chi connectivity index (χ1) is 9.72. The quantitative estimate of drug-likeness (QED) is 0.815. The Balaban J connectivity index is 2.30. The van der Waals surface area contributed by atoms with Gasteiger partial charge in [0.25, 0.3) is 0 Å². The third-order valence-corrected chi connectivity index (χ3v) is 7.62. The van der Waals surface area contributed by atoms with E-state index < -0.39 is 10.0 Å². The van der Waals surface area contributed by atoms with Crippen molar-refractivity contribution in [2.24, 2.45) is 0 Å². The maximum atomic E-state index is 12.7. The Hall–Kier alpha value is -0.720. The van der Waals surface area contributed by atoms with Gasteiger partial charge < -0.3 is 5.73 Å². The van der Waals surface area contributed by atoms with Crippen LogP contribution in [0.3, 0.4) is 0 Å². The number of nitrogen functional groups attached to an aromatic ring is 1. The number of nitrogens with two attached hydrogens (primary N) is 1. The molecule has 1 aliphatic carbocycles. The standard InChI is InChI=1S/C15H24N2O2S2/c1-10-8-11(2)14(12(3)13(10)16)21(18,19)17-9-15(20-4)6-5-7-15/h8,17H,5-7,9,16H2,1-4H3. The van der Waals surface area contributed by atoms with E-state index in [-0.39, 0.29) is 4.75 Å². The van der Waals surface area contributed by atoms with Crippen LogP contribution in [-0.2, 0) is 10.0 Å². The smallest absolute Gasteiger partial charge is 0.241 e. The monoisotopic (exact) mass is 328 g/mol. The van der Waals surface area contributed by atoms with E-state index in [1.807, 2.05) is 26.2 Å². The molecular weight excluding hydrogens is 304 g/mol. The highest BCUT2D eigenvalue weighted by atomic mass is 32.2. The van der Waals surface area contributed by atoms with Crippen molar-refractivity contribution in [3.05, 3.63) is 22.8 Å². The number of thioether (sulfide) groups is 1. The molecule has 4 nitrogen and oxygen atoms in total. The SMILES string of the molecule is CSC1(CNS(=O)(=O)c2c(C)cc(C)c(N)c2C)CCC1. The fraction of sp³-hybridized carbons (Fsp3) is 0.600. The van der Waals surface area contributed by atoms with Gasteiger partial charge in [0.15, 0.2) is 0 Å². The van der Waals surface area contributed by atoms with E-state index in [2.05, 4.69) is 4.72 Å². The molecule has 1 aliphatic rings. The molecule has 0 heterocycles. The van der Waals surface area contributed by atoms with Gasteiger partial charge in [-0.3, -0.25) is 0 Å². The summed E-state index contributed by atoms with van der Waals surface area (Å²) in [5.41, 5.74) is 8.87. The van der Waals surface area contributed by atoms with Crippen molar-refractivity contribution in [3.63, 3.8) is 0 Å². The summed E-state index contributed by atoms with van der Waals surface area (Å²) in [5.74, 6) is 0. The third-order valence-electron chi connectivity index (χ3n) is 4.51. The lowest BCUT2D eigenvalue weighted by molar-refractivity contribution is 0.362. The lowest BCUT2D eigenvalue weighted by atomic mass is 9.84. The average Bonchev–Trinajstić information content (AvgIpc) is 2.35. The fourth-order valence-corrected chi connectivity index (χ4v) is 5.53. The second kappa shape index (κ2) is 5.82.